The van der Waals surface area contributed by atoms with Gasteiger partial charge in [-0.25, -0.2) is 9.97 Å². The molecule has 1 spiro atoms. The first kappa shape index (κ1) is 21.0. The van der Waals surface area contributed by atoms with Gasteiger partial charge in [0.2, 0.25) is 0 Å². The van der Waals surface area contributed by atoms with Crippen molar-refractivity contribution < 1.29 is 4.74 Å². The number of pyridine rings is 1. The quantitative estimate of drug-likeness (QED) is 0.643. The normalized spacial score (nSPS) is 25.9. The third-order valence-electron chi connectivity index (χ3n) is 8.02. The van der Waals surface area contributed by atoms with Gasteiger partial charge in [0, 0.05) is 50.3 Å². The van der Waals surface area contributed by atoms with E-state index in [1.807, 2.05) is 30.7 Å². The van der Waals surface area contributed by atoms with Crippen LogP contribution < -0.4 is 5.73 Å². The van der Waals surface area contributed by atoms with Crippen molar-refractivity contribution in [3.8, 4) is 0 Å². The third-order valence-corrected chi connectivity index (χ3v) is 8.02. The Labute approximate surface area is 194 Å². The van der Waals surface area contributed by atoms with E-state index in [9.17, 15) is 0 Å². The van der Waals surface area contributed by atoms with E-state index in [4.69, 9.17) is 10.5 Å². The minimum Gasteiger partial charge on any atom is -0.383 e. The molecule has 33 heavy (non-hydrogen) atoms. The van der Waals surface area contributed by atoms with Gasteiger partial charge < -0.3 is 15.0 Å². The predicted octanol–water partition coefficient (Wildman–Crippen LogP) is 3.22. The molecule has 0 aromatic carbocycles. The van der Waals surface area contributed by atoms with Gasteiger partial charge in [-0.2, -0.15) is 0 Å². The first-order valence-electron chi connectivity index (χ1n) is 12.3. The van der Waals surface area contributed by atoms with E-state index in [2.05, 4.69) is 35.4 Å². The van der Waals surface area contributed by atoms with E-state index >= 15 is 0 Å². The summed E-state index contributed by atoms with van der Waals surface area (Å²) in [4.78, 5) is 18.2. The van der Waals surface area contributed by atoms with E-state index in [1.165, 1.54) is 44.1 Å². The molecule has 0 bridgehead atoms. The average molecular weight is 448 g/mol. The molecule has 0 aliphatic carbocycles. The summed E-state index contributed by atoms with van der Waals surface area (Å²) in [6, 6.07) is 6.21. The van der Waals surface area contributed by atoms with Gasteiger partial charge in [0.05, 0.1) is 11.5 Å². The molecule has 6 heterocycles. The molecule has 8 nitrogen and oxygen atoms in total. The van der Waals surface area contributed by atoms with Gasteiger partial charge in [-0.15, -0.1) is 0 Å². The highest BCUT2D eigenvalue weighted by atomic mass is 16.5. The number of fused-ring (bicyclic) bond motifs is 1. The summed E-state index contributed by atoms with van der Waals surface area (Å²) in [5, 5.41) is 0.904. The van der Waals surface area contributed by atoms with Crippen LogP contribution in [0.4, 0.5) is 5.82 Å². The molecule has 3 aromatic rings. The van der Waals surface area contributed by atoms with Gasteiger partial charge in [-0.1, -0.05) is 6.07 Å². The number of anilines is 1. The second kappa shape index (κ2) is 8.66. The Morgan fingerprint density at radius 2 is 2.00 bits per heavy atom. The standard InChI is InChI=1S/C25H33N7O/c26-23-21-6-12-32(24(21)29-18-28-23)22-5-4-20(33-22)17-31-11-2-7-25(31)8-13-30(14-9-25)16-19-3-1-10-27-15-19/h1,3,6,10,12,15,18,20,22H,2,4-5,7-9,11,13-14,16-17H2,(H2,26,28,29). The summed E-state index contributed by atoms with van der Waals surface area (Å²) in [5.41, 5.74) is 8.55. The third kappa shape index (κ3) is 4.00. The van der Waals surface area contributed by atoms with Crippen molar-refractivity contribution >= 4 is 16.9 Å². The Kier molecular flexibility index (Phi) is 5.52. The summed E-state index contributed by atoms with van der Waals surface area (Å²) in [6.07, 6.45) is 15.0. The maximum atomic E-state index is 6.55. The van der Waals surface area contributed by atoms with Crippen LogP contribution in [0.3, 0.4) is 0 Å². The Morgan fingerprint density at radius 1 is 1.09 bits per heavy atom. The summed E-state index contributed by atoms with van der Waals surface area (Å²) < 4.78 is 8.68. The number of nitrogens with zero attached hydrogens (tertiary/aromatic N) is 6. The molecule has 6 rings (SSSR count). The van der Waals surface area contributed by atoms with Gasteiger partial charge in [0.15, 0.2) is 0 Å². The molecular formula is C25H33N7O. The zero-order valence-electron chi connectivity index (χ0n) is 19.1. The molecule has 3 aromatic heterocycles. The molecule has 8 heteroatoms. The molecule has 174 valence electrons. The fourth-order valence-corrected chi connectivity index (χ4v) is 6.22. The Morgan fingerprint density at radius 3 is 2.85 bits per heavy atom. The lowest BCUT2D eigenvalue weighted by Gasteiger charge is -2.45. The summed E-state index contributed by atoms with van der Waals surface area (Å²) >= 11 is 0. The minimum atomic E-state index is 0.0293. The van der Waals surface area contributed by atoms with Crippen LogP contribution in [0.25, 0.3) is 11.0 Å². The number of nitrogen functional groups attached to an aromatic ring is 1. The van der Waals surface area contributed by atoms with E-state index in [1.54, 1.807) is 0 Å². The molecule has 3 saturated heterocycles. The zero-order chi connectivity index (χ0) is 22.3. The second-order valence-electron chi connectivity index (χ2n) is 9.92. The lowest BCUT2D eigenvalue weighted by molar-refractivity contribution is -0.0340. The van der Waals surface area contributed by atoms with E-state index < -0.39 is 0 Å². The molecule has 0 radical (unpaired) electrons. The molecule has 3 aliphatic rings. The average Bonchev–Trinajstić information content (AvgIpc) is 3.56. The molecule has 3 aliphatic heterocycles. The highest BCUT2D eigenvalue weighted by Crippen LogP contribution is 2.40. The van der Waals surface area contributed by atoms with Crippen LogP contribution >= 0.6 is 0 Å². The topological polar surface area (TPSA) is 85.3 Å². The highest BCUT2D eigenvalue weighted by molar-refractivity contribution is 5.86. The smallest absolute Gasteiger partial charge is 0.147 e. The van der Waals surface area contributed by atoms with Crippen molar-refractivity contribution in [3.63, 3.8) is 0 Å². The Balaban J connectivity index is 1.08. The Bertz CT molecular complexity index is 1090. The fraction of sp³-hybridized carbons (Fsp3) is 0.560. The number of ether oxygens (including phenoxy) is 1. The van der Waals surface area contributed by atoms with Crippen LogP contribution in [0, 0.1) is 0 Å². The highest BCUT2D eigenvalue weighted by Gasteiger charge is 2.44. The first-order chi connectivity index (χ1) is 16.2. The Hall–Kier alpha value is -2.55. The number of hydrogen-bond acceptors (Lipinski definition) is 7. The van der Waals surface area contributed by atoms with Crippen LogP contribution in [-0.2, 0) is 11.3 Å². The lowest BCUT2D eigenvalue weighted by Crippen LogP contribution is -2.53. The summed E-state index contributed by atoms with van der Waals surface area (Å²) in [5.74, 6) is 0.530. The van der Waals surface area contributed by atoms with Crippen molar-refractivity contribution in [3.05, 3.63) is 48.7 Å². The number of likely N-dealkylation sites (tertiary alicyclic amines) is 2. The van der Waals surface area contributed by atoms with Crippen LogP contribution in [0.15, 0.2) is 43.1 Å². The van der Waals surface area contributed by atoms with Crippen LogP contribution in [0.1, 0.15) is 50.3 Å². The van der Waals surface area contributed by atoms with Crippen LogP contribution in [0.2, 0.25) is 0 Å². The summed E-state index contributed by atoms with van der Waals surface area (Å²) in [6.45, 7) is 5.57. The maximum absolute atomic E-state index is 6.55. The van der Waals surface area contributed by atoms with Crippen molar-refractivity contribution in [1.29, 1.82) is 0 Å². The molecule has 3 fully saturated rings. The molecular weight excluding hydrogens is 414 g/mol. The van der Waals surface area contributed by atoms with E-state index in [-0.39, 0.29) is 12.3 Å². The van der Waals surface area contributed by atoms with Gasteiger partial charge >= 0.3 is 0 Å². The number of piperidine rings is 1. The monoisotopic (exact) mass is 447 g/mol. The maximum Gasteiger partial charge on any atom is 0.147 e. The van der Waals surface area contributed by atoms with Crippen LogP contribution in [0.5, 0.6) is 0 Å². The van der Waals surface area contributed by atoms with Gasteiger partial charge in [-0.05, 0) is 62.8 Å². The number of aromatic nitrogens is 4. The van der Waals surface area contributed by atoms with E-state index in [0.29, 0.717) is 11.4 Å². The molecule has 0 saturated carbocycles. The van der Waals surface area contributed by atoms with Gasteiger partial charge in [-0.3, -0.25) is 14.8 Å². The SMILES string of the molecule is Nc1ncnc2c1ccn2C1CCC(CN2CCCC23CCN(Cc2cccnc2)CC3)O1. The van der Waals surface area contributed by atoms with Crippen molar-refractivity contribution in [2.75, 3.05) is 31.9 Å². The molecule has 2 atom stereocenters. The van der Waals surface area contributed by atoms with Crippen molar-refractivity contribution in [2.45, 2.75) is 62.9 Å². The zero-order valence-corrected chi connectivity index (χ0v) is 19.1. The first-order valence-corrected chi connectivity index (χ1v) is 12.3. The lowest BCUT2D eigenvalue weighted by atomic mass is 9.84. The van der Waals surface area contributed by atoms with Crippen LogP contribution in [-0.4, -0.2) is 67.1 Å². The fourth-order valence-electron chi connectivity index (χ4n) is 6.22. The number of nitrogens with two attached hydrogens (primary N) is 1. The van der Waals surface area contributed by atoms with E-state index in [0.717, 1.165) is 50.1 Å². The second-order valence-corrected chi connectivity index (χ2v) is 9.92. The molecule has 0 amide bonds. The molecule has 2 N–H and O–H groups in total. The largest absolute Gasteiger partial charge is 0.383 e. The van der Waals surface area contributed by atoms with Gasteiger partial charge in [0.25, 0.3) is 0 Å². The number of hydrogen-bond donors (Lipinski definition) is 1. The van der Waals surface area contributed by atoms with Crippen molar-refractivity contribution in [2.24, 2.45) is 0 Å². The predicted molar refractivity (Wildman–Crippen MR) is 127 cm³/mol. The van der Waals surface area contributed by atoms with Gasteiger partial charge in [0.1, 0.15) is 24.0 Å². The summed E-state index contributed by atoms with van der Waals surface area (Å²) in [7, 11) is 0. The minimum absolute atomic E-state index is 0.0293. The number of rotatable bonds is 5. The molecule has 2 unspecified atom stereocenters. The van der Waals surface area contributed by atoms with Crippen molar-refractivity contribution in [1.82, 2.24) is 29.3 Å².